The zero-order valence-electron chi connectivity index (χ0n) is 12.1. The van der Waals surface area contributed by atoms with Crippen molar-refractivity contribution in [2.24, 2.45) is 0 Å². The molecule has 0 unspecified atom stereocenters. The Balaban J connectivity index is 0.00000137. The van der Waals surface area contributed by atoms with Crippen LogP contribution >= 0.6 is 13.6 Å². The van der Waals surface area contributed by atoms with Crippen LogP contribution in [-0.2, 0) is 16.3 Å². The van der Waals surface area contributed by atoms with Crippen molar-refractivity contribution in [1.82, 2.24) is 0 Å². The molecule has 1 rings (SSSR count). The summed E-state index contributed by atoms with van der Waals surface area (Å²) < 4.78 is 11.5. The molecular formula is C14H21BrO2Zn. The Morgan fingerprint density at radius 2 is 1.50 bits per heavy atom. The molecule has 0 aliphatic carbocycles. The second kappa shape index (κ2) is 7.50. The molecule has 0 aliphatic rings. The summed E-state index contributed by atoms with van der Waals surface area (Å²) in [6, 6.07) is 8.63. The van der Waals surface area contributed by atoms with Crippen molar-refractivity contribution in [1.29, 1.82) is 0 Å². The van der Waals surface area contributed by atoms with Crippen LogP contribution in [0.3, 0.4) is 0 Å². The van der Waals surface area contributed by atoms with E-state index in [0.717, 1.165) is 5.75 Å². The number of hydrogen-bond acceptors (Lipinski definition) is 2. The third-order valence-corrected chi connectivity index (χ3v) is 1.59. The Morgan fingerprint density at radius 1 is 1.00 bits per heavy atom. The minimum atomic E-state index is -0.211. The normalized spacial score (nSPS) is 11.4. The van der Waals surface area contributed by atoms with Gasteiger partial charge in [-0.25, -0.2) is 0 Å². The molecule has 0 N–H and O–H groups in total. The molecule has 0 aromatic heterocycles. The van der Waals surface area contributed by atoms with Crippen LogP contribution in [0.4, 0.5) is 0 Å². The van der Waals surface area contributed by atoms with E-state index in [2.05, 4.69) is 19.7 Å². The summed E-state index contributed by atoms with van der Waals surface area (Å²) in [6.07, 6.45) is 0. The molecule has 0 saturated carbocycles. The van der Waals surface area contributed by atoms with Gasteiger partial charge in [0.1, 0.15) is 0 Å². The van der Waals surface area contributed by atoms with E-state index in [-0.39, 0.29) is 11.2 Å². The molecular weight excluding hydrogens is 345 g/mol. The van der Waals surface area contributed by atoms with Crippen LogP contribution in [0.2, 0.25) is 0 Å². The van der Waals surface area contributed by atoms with Gasteiger partial charge in [0.2, 0.25) is 0 Å². The molecule has 0 fully saturated rings. The van der Waals surface area contributed by atoms with Gasteiger partial charge in [0, 0.05) is 11.5 Å². The first-order chi connectivity index (χ1) is 8.16. The average molecular weight is 367 g/mol. The van der Waals surface area contributed by atoms with E-state index >= 15 is 0 Å². The SMILES string of the molecule is CC(C)(C)Oc1[c-]ccc(OC(C)(C)C)c1.[Zn+][Br]. The maximum absolute atomic E-state index is 5.76. The zero-order chi connectivity index (χ0) is 14.4. The fourth-order valence-electron chi connectivity index (χ4n) is 1.23. The van der Waals surface area contributed by atoms with Crippen LogP contribution in [0.1, 0.15) is 41.5 Å². The molecule has 0 aliphatic heterocycles. The number of ether oxygens (including phenoxy) is 2. The van der Waals surface area contributed by atoms with Crippen molar-refractivity contribution in [2.75, 3.05) is 0 Å². The Hall–Kier alpha value is -0.0766. The summed E-state index contributed by atoms with van der Waals surface area (Å²) in [5, 5.41) is 0. The second-order valence-corrected chi connectivity index (χ2v) is 5.82. The first-order valence-corrected chi connectivity index (χ1v) is 12.8. The first-order valence-electron chi connectivity index (χ1n) is 5.82. The molecule has 0 radical (unpaired) electrons. The van der Waals surface area contributed by atoms with Crippen LogP contribution in [0.15, 0.2) is 18.2 Å². The number of benzene rings is 1. The Bertz CT molecular complexity index is 322. The predicted molar refractivity (Wildman–Crippen MR) is 75.0 cm³/mol. The van der Waals surface area contributed by atoms with Crippen LogP contribution < -0.4 is 9.47 Å². The Morgan fingerprint density at radius 3 is 1.94 bits per heavy atom. The monoisotopic (exact) mass is 364 g/mol. The summed E-state index contributed by atoms with van der Waals surface area (Å²) in [6.45, 7) is 12.1. The average Bonchev–Trinajstić information content (AvgIpc) is 2.15. The summed E-state index contributed by atoms with van der Waals surface area (Å²) >= 11 is 4.25. The van der Waals surface area contributed by atoms with Crippen molar-refractivity contribution < 1.29 is 25.8 Å². The van der Waals surface area contributed by atoms with Crippen LogP contribution in [0.25, 0.3) is 0 Å². The van der Waals surface area contributed by atoms with E-state index in [4.69, 9.17) is 9.47 Å². The molecule has 18 heavy (non-hydrogen) atoms. The van der Waals surface area contributed by atoms with E-state index in [1.54, 1.807) is 0 Å². The molecule has 4 heteroatoms. The van der Waals surface area contributed by atoms with Gasteiger partial charge >= 0.3 is 30.0 Å². The van der Waals surface area contributed by atoms with Gasteiger partial charge in [-0.2, -0.15) is 6.07 Å². The van der Waals surface area contributed by atoms with E-state index in [1.807, 2.05) is 59.7 Å². The maximum atomic E-state index is 5.76. The van der Waals surface area contributed by atoms with Crippen molar-refractivity contribution in [3.8, 4) is 11.5 Å². The van der Waals surface area contributed by atoms with E-state index < -0.39 is 0 Å². The summed E-state index contributed by atoms with van der Waals surface area (Å²) in [4.78, 5) is 0. The third kappa shape index (κ3) is 8.93. The third-order valence-electron chi connectivity index (χ3n) is 1.59. The van der Waals surface area contributed by atoms with Crippen LogP contribution in [0.5, 0.6) is 11.5 Å². The minimum absolute atomic E-state index is 0.194. The van der Waals surface area contributed by atoms with Gasteiger partial charge in [-0.05, 0) is 41.5 Å². The van der Waals surface area contributed by atoms with E-state index in [1.165, 1.54) is 16.3 Å². The fraction of sp³-hybridized carbons (Fsp3) is 0.571. The quantitative estimate of drug-likeness (QED) is 0.559. The second-order valence-electron chi connectivity index (χ2n) is 5.82. The summed E-state index contributed by atoms with van der Waals surface area (Å²) in [7, 11) is 0. The molecule has 0 heterocycles. The fourth-order valence-corrected chi connectivity index (χ4v) is 1.23. The Kier molecular flexibility index (Phi) is 7.47. The molecule has 0 bridgehead atoms. The van der Waals surface area contributed by atoms with Gasteiger partial charge in [0.25, 0.3) is 0 Å². The van der Waals surface area contributed by atoms with E-state index in [9.17, 15) is 0 Å². The van der Waals surface area contributed by atoms with Gasteiger partial charge in [-0.15, -0.1) is 12.1 Å². The van der Waals surface area contributed by atoms with Crippen LogP contribution in [0, 0.1) is 6.07 Å². The van der Waals surface area contributed by atoms with Crippen molar-refractivity contribution in [3.05, 3.63) is 24.3 Å². The standard InChI is InChI=1S/C14H21O2.BrH.Zn/c1-13(2,3)15-11-8-7-9-12(10-11)16-14(4,5)6;;/h7-8,10H,1-6H3;1H;/q-1;;+2/p-1. The van der Waals surface area contributed by atoms with Crippen molar-refractivity contribution >= 4 is 13.6 Å². The molecule has 0 saturated heterocycles. The molecule has 1 aromatic carbocycles. The van der Waals surface area contributed by atoms with Crippen molar-refractivity contribution in [3.63, 3.8) is 0 Å². The molecule has 0 atom stereocenters. The van der Waals surface area contributed by atoms with Crippen LogP contribution in [-0.4, -0.2) is 11.2 Å². The molecule has 0 spiro atoms. The topological polar surface area (TPSA) is 18.5 Å². The van der Waals surface area contributed by atoms with Gasteiger partial charge in [-0.1, -0.05) is 6.07 Å². The van der Waals surface area contributed by atoms with Gasteiger partial charge < -0.3 is 9.47 Å². The number of hydrogen-bond donors (Lipinski definition) is 0. The molecule has 2 nitrogen and oxygen atoms in total. The zero-order valence-corrected chi connectivity index (χ0v) is 16.7. The summed E-state index contributed by atoms with van der Waals surface area (Å²) in [5.41, 5.74) is -0.406. The number of halogens is 1. The Labute approximate surface area is 127 Å². The summed E-state index contributed by atoms with van der Waals surface area (Å²) in [5.74, 6) is 1.53. The molecule has 0 amide bonds. The van der Waals surface area contributed by atoms with Gasteiger partial charge in [-0.3, -0.25) is 0 Å². The number of rotatable bonds is 2. The van der Waals surface area contributed by atoms with Gasteiger partial charge in [0.15, 0.2) is 0 Å². The van der Waals surface area contributed by atoms with Crippen molar-refractivity contribution in [2.45, 2.75) is 52.7 Å². The molecule has 98 valence electrons. The molecule has 1 aromatic rings. The first kappa shape index (κ1) is 17.9. The van der Waals surface area contributed by atoms with E-state index in [0.29, 0.717) is 5.75 Å². The predicted octanol–water partition coefficient (Wildman–Crippen LogP) is 4.68. The van der Waals surface area contributed by atoms with Gasteiger partial charge in [0.05, 0.1) is 11.2 Å².